The summed E-state index contributed by atoms with van der Waals surface area (Å²) in [4.78, 5) is 11.7. The second kappa shape index (κ2) is 9.01. The minimum Gasteiger partial charge on any atom is -0.486 e. The number of carbonyl (C=O) groups excluding carboxylic acids is 1. The molecular formula is C17H26ClNO3. The van der Waals surface area contributed by atoms with Crippen LogP contribution in [0.15, 0.2) is 30.3 Å². The van der Waals surface area contributed by atoms with Gasteiger partial charge >= 0.3 is 5.97 Å². The van der Waals surface area contributed by atoms with E-state index in [1.807, 2.05) is 37.3 Å². The molecule has 0 aromatic heterocycles. The molecule has 0 saturated heterocycles. The van der Waals surface area contributed by atoms with Crippen molar-refractivity contribution in [2.45, 2.75) is 57.8 Å². The maximum Gasteiger partial charge on any atom is 0.323 e. The lowest BCUT2D eigenvalue weighted by molar-refractivity contribution is -0.155. The monoisotopic (exact) mass is 327 g/mol. The summed E-state index contributed by atoms with van der Waals surface area (Å²) in [6, 6.07) is 9.11. The molecule has 1 aliphatic rings. The van der Waals surface area contributed by atoms with Gasteiger partial charge in [-0.15, -0.1) is 12.4 Å². The van der Waals surface area contributed by atoms with Crippen molar-refractivity contribution >= 4 is 18.4 Å². The van der Waals surface area contributed by atoms with Crippen molar-refractivity contribution < 1.29 is 14.3 Å². The number of benzene rings is 1. The van der Waals surface area contributed by atoms with E-state index >= 15 is 0 Å². The number of hydrogen-bond acceptors (Lipinski definition) is 4. The predicted octanol–water partition coefficient (Wildman–Crippen LogP) is 3.32. The first-order chi connectivity index (χ1) is 10.1. The molecule has 0 heterocycles. The third kappa shape index (κ3) is 5.18. The molecule has 1 fully saturated rings. The van der Waals surface area contributed by atoms with Gasteiger partial charge in [-0.3, -0.25) is 4.79 Å². The summed E-state index contributed by atoms with van der Waals surface area (Å²) in [5, 5.41) is 0. The first-order valence-corrected chi connectivity index (χ1v) is 7.75. The Morgan fingerprint density at radius 3 is 2.32 bits per heavy atom. The van der Waals surface area contributed by atoms with Gasteiger partial charge in [0.05, 0.1) is 0 Å². The molecular weight excluding hydrogens is 302 g/mol. The first kappa shape index (κ1) is 18.8. The average molecular weight is 328 g/mol. The summed E-state index contributed by atoms with van der Waals surface area (Å²) in [5.41, 5.74) is 5.58. The Balaban J connectivity index is 0.00000242. The molecule has 1 saturated carbocycles. The number of rotatable bonds is 6. The van der Waals surface area contributed by atoms with Crippen LogP contribution in [0, 0.1) is 5.92 Å². The van der Waals surface area contributed by atoms with Gasteiger partial charge in [-0.25, -0.2) is 0 Å². The van der Waals surface area contributed by atoms with Crippen LogP contribution in [0.25, 0.3) is 0 Å². The van der Waals surface area contributed by atoms with Crippen molar-refractivity contribution in [2.75, 3.05) is 0 Å². The average Bonchev–Trinajstić information content (AvgIpc) is 2.99. The van der Waals surface area contributed by atoms with E-state index in [4.69, 9.17) is 15.2 Å². The van der Waals surface area contributed by atoms with Gasteiger partial charge in [-0.05, 0) is 44.7 Å². The highest BCUT2D eigenvalue weighted by molar-refractivity contribution is 5.85. The molecule has 124 valence electrons. The Labute approximate surface area is 138 Å². The highest BCUT2D eigenvalue weighted by atomic mass is 35.5. The molecule has 0 radical (unpaired) electrons. The van der Waals surface area contributed by atoms with Gasteiger partial charge in [-0.1, -0.05) is 31.0 Å². The number of carbonyl (C=O) groups is 1. The van der Waals surface area contributed by atoms with Crippen molar-refractivity contribution in [1.82, 2.24) is 0 Å². The van der Waals surface area contributed by atoms with Crippen LogP contribution in [-0.2, 0) is 9.53 Å². The van der Waals surface area contributed by atoms with E-state index < -0.39 is 6.04 Å². The van der Waals surface area contributed by atoms with Gasteiger partial charge in [0.2, 0.25) is 0 Å². The van der Waals surface area contributed by atoms with Crippen LogP contribution in [0.1, 0.15) is 39.5 Å². The minimum absolute atomic E-state index is 0. The Hall–Kier alpha value is -1.26. The normalized spacial score (nSPS) is 18.9. The highest BCUT2D eigenvalue weighted by Crippen LogP contribution is 2.32. The van der Waals surface area contributed by atoms with Crippen LogP contribution >= 0.6 is 12.4 Å². The van der Waals surface area contributed by atoms with Crippen LogP contribution in [-0.4, -0.2) is 24.2 Å². The molecule has 2 rings (SSSR count). The topological polar surface area (TPSA) is 61.6 Å². The lowest BCUT2D eigenvalue weighted by atomic mass is 9.96. The molecule has 0 spiro atoms. The zero-order valence-corrected chi connectivity index (χ0v) is 14.1. The third-order valence-electron chi connectivity index (χ3n) is 4.02. The van der Waals surface area contributed by atoms with Crippen LogP contribution in [0.5, 0.6) is 5.75 Å². The molecule has 1 aliphatic carbocycles. The van der Waals surface area contributed by atoms with Crippen molar-refractivity contribution in [3.05, 3.63) is 30.3 Å². The Kier molecular flexibility index (Phi) is 7.69. The number of para-hydroxylation sites is 1. The van der Waals surface area contributed by atoms with Gasteiger partial charge in [0.15, 0.2) is 0 Å². The van der Waals surface area contributed by atoms with Crippen molar-refractivity contribution in [2.24, 2.45) is 11.7 Å². The van der Waals surface area contributed by atoms with Gasteiger partial charge in [0.1, 0.15) is 24.0 Å². The minimum atomic E-state index is -0.603. The second-order valence-electron chi connectivity index (χ2n) is 5.87. The Morgan fingerprint density at radius 1 is 1.18 bits per heavy atom. The number of halogens is 1. The summed E-state index contributed by atoms with van der Waals surface area (Å²) < 4.78 is 11.6. The highest BCUT2D eigenvalue weighted by Gasteiger charge is 2.33. The van der Waals surface area contributed by atoms with E-state index in [1.165, 1.54) is 12.8 Å². The summed E-state index contributed by atoms with van der Waals surface area (Å²) in [5.74, 6) is 0.876. The quantitative estimate of drug-likeness (QED) is 0.814. The standard InChI is InChI=1S/C17H25NO3.ClH/c1-12(18)17(19)20-13(2)16(14-8-6-7-9-14)21-15-10-4-3-5-11-15;/h3-5,10-14,16H,6-9,18H2,1-2H3;1H/t12-,13-,16-;/m0./s1. The van der Waals surface area contributed by atoms with Crippen LogP contribution in [0.3, 0.4) is 0 Å². The molecule has 0 bridgehead atoms. The summed E-state index contributed by atoms with van der Waals surface area (Å²) in [6.07, 6.45) is 4.26. The lowest BCUT2D eigenvalue weighted by Gasteiger charge is -2.30. The second-order valence-corrected chi connectivity index (χ2v) is 5.87. The summed E-state index contributed by atoms with van der Waals surface area (Å²) in [7, 11) is 0. The summed E-state index contributed by atoms with van der Waals surface area (Å²) >= 11 is 0. The number of ether oxygens (including phenoxy) is 2. The van der Waals surface area contributed by atoms with Crippen LogP contribution in [0.4, 0.5) is 0 Å². The number of esters is 1. The molecule has 4 nitrogen and oxygen atoms in total. The Bertz CT molecular complexity index is 446. The molecule has 22 heavy (non-hydrogen) atoms. The van der Waals surface area contributed by atoms with Gasteiger partial charge < -0.3 is 15.2 Å². The zero-order valence-electron chi connectivity index (χ0n) is 13.2. The largest absolute Gasteiger partial charge is 0.486 e. The smallest absolute Gasteiger partial charge is 0.323 e. The molecule has 2 N–H and O–H groups in total. The lowest BCUT2D eigenvalue weighted by Crippen LogP contribution is -2.41. The number of nitrogens with two attached hydrogens (primary N) is 1. The predicted molar refractivity (Wildman–Crippen MR) is 89.3 cm³/mol. The van der Waals surface area contributed by atoms with Gasteiger partial charge in [0, 0.05) is 0 Å². The maximum atomic E-state index is 11.7. The maximum absolute atomic E-state index is 11.7. The van der Waals surface area contributed by atoms with Gasteiger partial charge in [0.25, 0.3) is 0 Å². The van der Waals surface area contributed by atoms with Crippen molar-refractivity contribution in [3.8, 4) is 5.75 Å². The van der Waals surface area contributed by atoms with E-state index in [-0.39, 0.29) is 30.6 Å². The molecule has 5 heteroatoms. The van der Waals surface area contributed by atoms with E-state index in [2.05, 4.69) is 0 Å². The first-order valence-electron chi connectivity index (χ1n) is 7.75. The van der Waals surface area contributed by atoms with Crippen molar-refractivity contribution in [3.63, 3.8) is 0 Å². The zero-order chi connectivity index (χ0) is 15.2. The van der Waals surface area contributed by atoms with E-state index in [1.54, 1.807) is 6.92 Å². The van der Waals surface area contributed by atoms with E-state index in [0.29, 0.717) is 5.92 Å². The van der Waals surface area contributed by atoms with Crippen LogP contribution in [0.2, 0.25) is 0 Å². The molecule has 3 atom stereocenters. The molecule has 0 aliphatic heterocycles. The molecule has 1 aromatic rings. The molecule has 1 aromatic carbocycles. The van der Waals surface area contributed by atoms with E-state index in [0.717, 1.165) is 18.6 Å². The third-order valence-corrected chi connectivity index (χ3v) is 4.02. The fraction of sp³-hybridized carbons (Fsp3) is 0.588. The van der Waals surface area contributed by atoms with E-state index in [9.17, 15) is 4.79 Å². The molecule has 0 unspecified atom stereocenters. The van der Waals surface area contributed by atoms with Crippen molar-refractivity contribution in [1.29, 1.82) is 0 Å². The fourth-order valence-electron chi connectivity index (χ4n) is 2.88. The van der Waals surface area contributed by atoms with Crippen LogP contribution < -0.4 is 10.5 Å². The summed E-state index contributed by atoms with van der Waals surface area (Å²) in [6.45, 7) is 3.53. The van der Waals surface area contributed by atoms with Gasteiger partial charge in [-0.2, -0.15) is 0 Å². The molecule has 0 amide bonds. The SMILES string of the molecule is C[C@H](N)C(=O)O[C@@H](C)[C@H](Oc1ccccc1)C1CCCC1.Cl. The fourth-order valence-corrected chi connectivity index (χ4v) is 2.88. The number of hydrogen-bond donors (Lipinski definition) is 1. The Morgan fingerprint density at radius 2 is 1.77 bits per heavy atom.